The van der Waals surface area contributed by atoms with Gasteiger partial charge in [0.15, 0.2) is 5.96 Å². The number of nitrogens with zero attached hydrogens (tertiary/aromatic N) is 1. The topological polar surface area (TPSA) is 59.6 Å². The van der Waals surface area contributed by atoms with E-state index in [9.17, 15) is 22.0 Å². The van der Waals surface area contributed by atoms with E-state index >= 15 is 0 Å². The highest BCUT2D eigenvalue weighted by atomic mass is 19.4. The molecule has 2 rings (SSSR count). The predicted octanol–water partition coefficient (Wildman–Crippen LogP) is 6.63. The molecular formula is C25H38F5N3O. The minimum absolute atomic E-state index is 0.0807. The number of unbranched alkanes of at least 4 members (excludes halogenated alkanes) is 6. The number of aliphatic imine (C=N–C) groups is 1. The Hall–Kier alpha value is -2.06. The van der Waals surface area contributed by atoms with Gasteiger partial charge in [0, 0.05) is 19.5 Å². The van der Waals surface area contributed by atoms with Gasteiger partial charge in [0.1, 0.15) is 11.9 Å². The van der Waals surface area contributed by atoms with Crippen LogP contribution in [0.2, 0.25) is 0 Å². The molecule has 0 spiro atoms. The van der Waals surface area contributed by atoms with Crippen LogP contribution >= 0.6 is 0 Å². The molecule has 0 fully saturated rings. The van der Waals surface area contributed by atoms with Crippen LogP contribution in [0.4, 0.5) is 22.0 Å². The Morgan fingerprint density at radius 2 is 1.65 bits per heavy atom. The largest absolute Gasteiger partial charge is 0.490 e. The summed E-state index contributed by atoms with van der Waals surface area (Å²) in [6.45, 7) is 2.70. The zero-order valence-electron chi connectivity index (χ0n) is 20.0. The summed E-state index contributed by atoms with van der Waals surface area (Å²) in [5, 5.41) is 2.87. The number of alkyl halides is 5. The lowest BCUT2D eigenvalue weighted by Crippen LogP contribution is -2.36. The van der Waals surface area contributed by atoms with Crippen LogP contribution < -0.4 is 15.8 Å². The van der Waals surface area contributed by atoms with Crippen LogP contribution in [-0.4, -0.2) is 37.3 Å². The van der Waals surface area contributed by atoms with Crippen molar-refractivity contribution < 1.29 is 26.7 Å². The molecule has 1 aromatic rings. The Balaban J connectivity index is 1.43. The second kappa shape index (κ2) is 13.7. The van der Waals surface area contributed by atoms with Gasteiger partial charge < -0.3 is 15.8 Å². The third kappa shape index (κ3) is 9.66. The van der Waals surface area contributed by atoms with E-state index in [1.54, 1.807) is 0 Å². The van der Waals surface area contributed by atoms with Gasteiger partial charge in [0.25, 0.3) is 0 Å². The monoisotopic (exact) mass is 491 g/mol. The van der Waals surface area contributed by atoms with Crippen molar-refractivity contribution in [3.63, 3.8) is 0 Å². The van der Waals surface area contributed by atoms with E-state index < -0.39 is 18.5 Å². The number of guanidine groups is 1. The lowest BCUT2D eigenvalue weighted by molar-refractivity contribution is -0.284. The fourth-order valence-electron chi connectivity index (χ4n) is 4.16. The molecule has 2 atom stereocenters. The number of nitrogens with two attached hydrogens (primary N) is 1. The average Bonchev–Trinajstić information content (AvgIpc) is 2.77. The van der Waals surface area contributed by atoms with E-state index in [0.717, 1.165) is 37.9 Å². The summed E-state index contributed by atoms with van der Waals surface area (Å²) in [4.78, 5) is 3.81. The minimum Gasteiger partial charge on any atom is -0.490 e. The number of hydrogen-bond donors (Lipinski definition) is 2. The second-order valence-electron chi connectivity index (χ2n) is 9.21. The molecule has 0 bridgehead atoms. The maximum Gasteiger partial charge on any atom is 0.453 e. The molecule has 0 amide bonds. The first-order chi connectivity index (χ1) is 16.1. The van der Waals surface area contributed by atoms with E-state index in [0.29, 0.717) is 18.6 Å². The van der Waals surface area contributed by atoms with Crippen LogP contribution in [0.3, 0.4) is 0 Å². The minimum atomic E-state index is -5.52. The summed E-state index contributed by atoms with van der Waals surface area (Å²) in [6, 6.07) is 8.29. The van der Waals surface area contributed by atoms with Gasteiger partial charge in [-0.1, -0.05) is 57.2 Å². The third-order valence-corrected chi connectivity index (χ3v) is 6.24. The molecule has 1 aromatic carbocycles. The molecule has 1 aliphatic rings. The molecule has 0 aromatic heterocycles. The van der Waals surface area contributed by atoms with Crippen molar-refractivity contribution in [3.8, 4) is 5.75 Å². The third-order valence-electron chi connectivity index (χ3n) is 6.24. The second-order valence-corrected chi connectivity index (χ2v) is 9.21. The smallest absolute Gasteiger partial charge is 0.453 e. The zero-order valence-corrected chi connectivity index (χ0v) is 20.0. The van der Waals surface area contributed by atoms with Gasteiger partial charge in [0.05, 0.1) is 0 Å². The highest BCUT2D eigenvalue weighted by Gasteiger charge is 2.56. The molecule has 0 aliphatic carbocycles. The number of para-hydroxylation sites is 1. The molecular weight excluding hydrogens is 453 g/mol. The van der Waals surface area contributed by atoms with Gasteiger partial charge >= 0.3 is 12.1 Å². The first-order valence-electron chi connectivity index (χ1n) is 12.3. The van der Waals surface area contributed by atoms with Crippen LogP contribution in [0.25, 0.3) is 0 Å². The van der Waals surface area contributed by atoms with Crippen molar-refractivity contribution in [1.29, 1.82) is 0 Å². The first-order valence-corrected chi connectivity index (χ1v) is 12.3. The average molecular weight is 492 g/mol. The maximum atomic E-state index is 12.8. The van der Waals surface area contributed by atoms with Crippen molar-refractivity contribution in [1.82, 2.24) is 5.32 Å². The SMILES string of the molecule is CC1Cc2ccccc2OC1CCCCCCCCCNC(N)=NCCCC(F)(F)C(F)(F)F. The molecule has 34 heavy (non-hydrogen) atoms. The molecule has 0 saturated carbocycles. The lowest BCUT2D eigenvalue weighted by Gasteiger charge is -2.31. The molecule has 0 radical (unpaired) electrons. The Bertz CT molecular complexity index is 754. The van der Waals surface area contributed by atoms with Crippen LogP contribution in [-0.2, 0) is 6.42 Å². The molecule has 194 valence electrons. The van der Waals surface area contributed by atoms with Crippen molar-refractivity contribution in [2.75, 3.05) is 13.1 Å². The van der Waals surface area contributed by atoms with Crippen molar-refractivity contribution >= 4 is 5.96 Å². The lowest BCUT2D eigenvalue weighted by atomic mass is 9.89. The summed E-state index contributed by atoms with van der Waals surface area (Å²) in [5.74, 6) is -3.02. The molecule has 1 aliphatic heterocycles. The molecule has 9 heteroatoms. The summed E-state index contributed by atoms with van der Waals surface area (Å²) in [5.41, 5.74) is 6.93. The van der Waals surface area contributed by atoms with Crippen molar-refractivity contribution in [2.24, 2.45) is 16.6 Å². The number of nitrogens with one attached hydrogen (secondary N) is 1. The molecule has 2 unspecified atom stereocenters. The van der Waals surface area contributed by atoms with Crippen LogP contribution in [0.15, 0.2) is 29.3 Å². The quantitative estimate of drug-likeness (QED) is 0.133. The van der Waals surface area contributed by atoms with E-state index in [-0.39, 0.29) is 18.9 Å². The summed E-state index contributed by atoms with van der Waals surface area (Å²) < 4.78 is 68.0. The highest BCUT2D eigenvalue weighted by Crippen LogP contribution is 2.38. The number of halogens is 5. The Morgan fingerprint density at radius 1 is 1.00 bits per heavy atom. The van der Waals surface area contributed by atoms with Gasteiger partial charge in [-0.15, -0.1) is 0 Å². The van der Waals surface area contributed by atoms with Crippen LogP contribution in [0.5, 0.6) is 5.75 Å². The summed E-state index contributed by atoms with van der Waals surface area (Å²) >= 11 is 0. The van der Waals surface area contributed by atoms with Crippen LogP contribution in [0, 0.1) is 5.92 Å². The summed E-state index contributed by atoms with van der Waals surface area (Å²) in [7, 11) is 0. The number of benzene rings is 1. The Kier molecular flexibility index (Phi) is 11.4. The normalized spacial score (nSPS) is 18.9. The highest BCUT2D eigenvalue weighted by molar-refractivity contribution is 5.77. The predicted molar refractivity (Wildman–Crippen MR) is 125 cm³/mol. The Morgan fingerprint density at radius 3 is 2.35 bits per heavy atom. The number of hydrogen-bond acceptors (Lipinski definition) is 2. The van der Waals surface area contributed by atoms with E-state index in [1.807, 2.05) is 6.07 Å². The van der Waals surface area contributed by atoms with E-state index in [1.165, 1.54) is 31.2 Å². The van der Waals surface area contributed by atoms with Crippen molar-refractivity contribution in [2.45, 2.75) is 95.8 Å². The fraction of sp³-hybridized carbons (Fsp3) is 0.720. The summed E-state index contributed by atoms with van der Waals surface area (Å²) in [6.07, 6.45) is 3.07. The van der Waals surface area contributed by atoms with E-state index in [4.69, 9.17) is 10.5 Å². The van der Waals surface area contributed by atoms with Gasteiger partial charge in [-0.25, -0.2) is 0 Å². The fourth-order valence-corrected chi connectivity index (χ4v) is 4.16. The molecule has 1 heterocycles. The molecule has 3 N–H and O–H groups in total. The van der Waals surface area contributed by atoms with Gasteiger partial charge in [-0.05, 0) is 49.7 Å². The van der Waals surface area contributed by atoms with Gasteiger partial charge in [-0.3, -0.25) is 4.99 Å². The molecule has 4 nitrogen and oxygen atoms in total. The number of rotatable bonds is 14. The van der Waals surface area contributed by atoms with E-state index in [2.05, 4.69) is 35.4 Å². The Labute approximate surface area is 199 Å². The maximum absolute atomic E-state index is 12.8. The van der Waals surface area contributed by atoms with Crippen LogP contribution in [0.1, 0.15) is 76.7 Å². The molecule has 0 saturated heterocycles. The van der Waals surface area contributed by atoms with Gasteiger partial charge in [0.2, 0.25) is 0 Å². The van der Waals surface area contributed by atoms with Crippen molar-refractivity contribution in [3.05, 3.63) is 29.8 Å². The standard InChI is InChI=1S/C25H38F5N3O/c1-19-18-20-12-8-9-14-22(20)34-21(19)13-7-5-3-2-4-6-10-16-32-23(31)33-17-11-15-24(26,27)25(28,29)30/h8-9,12,14,19,21H,2-7,10-11,13,15-18H2,1H3,(H3,31,32,33). The first kappa shape index (κ1) is 28.2. The zero-order chi connectivity index (χ0) is 25.0. The number of ether oxygens (including phenoxy) is 1. The van der Waals surface area contributed by atoms with Gasteiger partial charge in [-0.2, -0.15) is 22.0 Å². The number of fused-ring (bicyclic) bond motifs is 1.